The van der Waals surface area contributed by atoms with E-state index in [0.717, 1.165) is 4.68 Å². The molecule has 0 spiro atoms. The normalized spacial score (nSPS) is 11.6. The van der Waals surface area contributed by atoms with Gasteiger partial charge in [0.1, 0.15) is 0 Å². The SMILES string of the molecule is Cc1cc(C(C)C)nn1C(F)F. The van der Waals surface area contributed by atoms with Gasteiger partial charge in [-0.3, -0.25) is 0 Å². The Bertz CT molecular complexity index is 266. The monoisotopic (exact) mass is 174 g/mol. The first kappa shape index (κ1) is 9.16. The summed E-state index contributed by atoms with van der Waals surface area (Å²) in [6.07, 6.45) is 0. The van der Waals surface area contributed by atoms with Crippen LogP contribution < -0.4 is 0 Å². The van der Waals surface area contributed by atoms with Crippen molar-refractivity contribution in [2.45, 2.75) is 33.2 Å². The summed E-state index contributed by atoms with van der Waals surface area (Å²) in [5.74, 6) is 0.198. The highest BCUT2D eigenvalue weighted by Gasteiger charge is 2.13. The maximum atomic E-state index is 12.2. The first-order chi connectivity index (χ1) is 5.52. The summed E-state index contributed by atoms with van der Waals surface area (Å²) in [5, 5.41) is 3.78. The van der Waals surface area contributed by atoms with E-state index in [2.05, 4.69) is 5.10 Å². The number of aryl methyl sites for hydroxylation is 1. The summed E-state index contributed by atoms with van der Waals surface area (Å²) in [5.41, 5.74) is 1.22. The molecule has 4 heteroatoms. The molecule has 0 aliphatic rings. The van der Waals surface area contributed by atoms with Gasteiger partial charge in [-0.15, -0.1) is 0 Å². The molecule has 0 bridgehead atoms. The quantitative estimate of drug-likeness (QED) is 0.674. The van der Waals surface area contributed by atoms with Crippen molar-refractivity contribution in [2.24, 2.45) is 0 Å². The molecule has 0 radical (unpaired) electrons. The van der Waals surface area contributed by atoms with Gasteiger partial charge in [0, 0.05) is 5.69 Å². The molecule has 0 N–H and O–H groups in total. The number of halogens is 2. The van der Waals surface area contributed by atoms with E-state index < -0.39 is 6.55 Å². The molecule has 0 atom stereocenters. The second-order valence-electron chi connectivity index (χ2n) is 3.09. The lowest BCUT2D eigenvalue weighted by Gasteiger charge is -2.00. The van der Waals surface area contributed by atoms with E-state index in [0.29, 0.717) is 11.4 Å². The van der Waals surface area contributed by atoms with E-state index in [1.807, 2.05) is 13.8 Å². The maximum absolute atomic E-state index is 12.2. The molecule has 1 heterocycles. The Balaban J connectivity index is 3.00. The fraction of sp³-hybridized carbons (Fsp3) is 0.625. The van der Waals surface area contributed by atoms with Gasteiger partial charge in [0.2, 0.25) is 0 Å². The van der Waals surface area contributed by atoms with Crippen molar-refractivity contribution in [3.05, 3.63) is 17.5 Å². The summed E-state index contributed by atoms with van der Waals surface area (Å²) in [6.45, 7) is 2.96. The average molecular weight is 174 g/mol. The number of alkyl halides is 2. The number of hydrogen-bond donors (Lipinski definition) is 0. The van der Waals surface area contributed by atoms with Gasteiger partial charge in [0.25, 0.3) is 0 Å². The average Bonchev–Trinajstić information content (AvgIpc) is 2.30. The van der Waals surface area contributed by atoms with Gasteiger partial charge in [0.15, 0.2) is 0 Å². The van der Waals surface area contributed by atoms with Crippen LogP contribution in [0.1, 0.15) is 37.7 Å². The Morgan fingerprint density at radius 2 is 2.00 bits per heavy atom. The summed E-state index contributed by atoms with van der Waals surface area (Å²) in [7, 11) is 0. The minimum absolute atomic E-state index is 0.198. The molecule has 0 saturated heterocycles. The topological polar surface area (TPSA) is 17.8 Å². The van der Waals surface area contributed by atoms with Gasteiger partial charge in [-0.05, 0) is 18.9 Å². The minimum atomic E-state index is -2.53. The smallest absolute Gasteiger partial charge is 0.209 e. The second kappa shape index (κ2) is 3.21. The van der Waals surface area contributed by atoms with Gasteiger partial charge < -0.3 is 0 Å². The first-order valence-corrected chi connectivity index (χ1v) is 3.86. The van der Waals surface area contributed by atoms with Gasteiger partial charge in [-0.25, -0.2) is 4.68 Å². The van der Waals surface area contributed by atoms with Gasteiger partial charge in [-0.2, -0.15) is 13.9 Å². The van der Waals surface area contributed by atoms with E-state index >= 15 is 0 Å². The number of hydrogen-bond acceptors (Lipinski definition) is 1. The summed E-state index contributed by atoms with van der Waals surface area (Å²) >= 11 is 0. The zero-order chi connectivity index (χ0) is 9.30. The van der Waals surface area contributed by atoms with Crippen LogP contribution in [0.5, 0.6) is 0 Å². The van der Waals surface area contributed by atoms with Crippen LogP contribution in [0.3, 0.4) is 0 Å². The molecule has 0 amide bonds. The Morgan fingerprint density at radius 1 is 1.42 bits per heavy atom. The lowest BCUT2D eigenvalue weighted by Crippen LogP contribution is -2.03. The summed E-state index contributed by atoms with van der Waals surface area (Å²) < 4.78 is 25.2. The molecule has 12 heavy (non-hydrogen) atoms. The first-order valence-electron chi connectivity index (χ1n) is 3.86. The predicted molar refractivity (Wildman–Crippen MR) is 42.3 cm³/mol. The second-order valence-corrected chi connectivity index (χ2v) is 3.09. The van der Waals surface area contributed by atoms with E-state index in [9.17, 15) is 8.78 Å². The third kappa shape index (κ3) is 1.62. The Hall–Kier alpha value is -0.930. The van der Waals surface area contributed by atoms with Crippen LogP contribution in [-0.4, -0.2) is 9.78 Å². The summed E-state index contributed by atoms with van der Waals surface area (Å²) in [6, 6.07) is 1.69. The van der Waals surface area contributed by atoms with Crippen LogP contribution in [0.15, 0.2) is 6.07 Å². The lowest BCUT2D eigenvalue weighted by atomic mass is 10.1. The van der Waals surface area contributed by atoms with Crippen molar-refractivity contribution in [2.75, 3.05) is 0 Å². The molecule has 0 saturated carbocycles. The standard InChI is InChI=1S/C8H12F2N2/c1-5(2)7-4-6(3)12(11-7)8(9)10/h4-5,8H,1-3H3. The fourth-order valence-electron chi connectivity index (χ4n) is 0.992. The lowest BCUT2D eigenvalue weighted by molar-refractivity contribution is 0.0539. The van der Waals surface area contributed by atoms with Gasteiger partial charge >= 0.3 is 6.55 Å². The molecule has 1 aromatic heterocycles. The predicted octanol–water partition coefficient (Wildman–Crippen LogP) is 2.71. The van der Waals surface area contributed by atoms with Crippen molar-refractivity contribution in [3.63, 3.8) is 0 Å². The molecule has 1 rings (SSSR count). The molecular formula is C8H12F2N2. The van der Waals surface area contributed by atoms with Crippen LogP contribution >= 0.6 is 0 Å². The fourth-order valence-corrected chi connectivity index (χ4v) is 0.992. The van der Waals surface area contributed by atoms with Crippen molar-refractivity contribution in [1.29, 1.82) is 0 Å². The molecule has 0 fully saturated rings. The van der Waals surface area contributed by atoms with Crippen molar-refractivity contribution in [3.8, 4) is 0 Å². The van der Waals surface area contributed by atoms with E-state index in [-0.39, 0.29) is 5.92 Å². The van der Waals surface area contributed by atoms with Crippen LogP contribution in [0.2, 0.25) is 0 Å². The Kier molecular flexibility index (Phi) is 2.45. The highest BCUT2D eigenvalue weighted by atomic mass is 19.3. The van der Waals surface area contributed by atoms with Crippen molar-refractivity contribution in [1.82, 2.24) is 9.78 Å². The third-order valence-corrected chi connectivity index (χ3v) is 1.72. The molecule has 0 aliphatic carbocycles. The van der Waals surface area contributed by atoms with Crippen molar-refractivity contribution < 1.29 is 8.78 Å². The van der Waals surface area contributed by atoms with E-state index in [1.54, 1.807) is 13.0 Å². The number of nitrogens with zero attached hydrogens (tertiary/aromatic N) is 2. The highest BCUT2D eigenvalue weighted by Crippen LogP contribution is 2.18. The zero-order valence-electron chi connectivity index (χ0n) is 7.38. The van der Waals surface area contributed by atoms with E-state index in [4.69, 9.17) is 0 Å². The molecule has 0 aliphatic heterocycles. The Morgan fingerprint density at radius 3 is 2.25 bits per heavy atom. The van der Waals surface area contributed by atoms with Gasteiger partial charge in [0.05, 0.1) is 5.69 Å². The molecular weight excluding hydrogens is 162 g/mol. The molecule has 1 aromatic rings. The summed E-state index contributed by atoms with van der Waals surface area (Å²) in [4.78, 5) is 0. The largest absolute Gasteiger partial charge is 0.333 e. The van der Waals surface area contributed by atoms with Crippen LogP contribution in [0.4, 0.5) is 8.78 Å². The van der Waals surface area contributed by atoms with Crippen LogP contribution in [-0.2, 0) is 0 Å². The van der Waals surface area contributed by atoms with E-state index in [1.165, 1.54) is 0 Å². The Labute approximate surface area is 70.2 Å². The highest BCUT2D eigenvalue weighted by molar-refractivity contribution is 5.11. The van der Waals surface area contributed by atoms with Gasteiger partial charge in [-0.1, -0.05) is 13.8 Å². The molecule has 0 unspecified atom stereocenters. The number of aromatic nitrogens is 2. The third-order valence-electron chi connectivity index (χ3n) is 1.72. The maximum Gasteiger partial charge on any atom is 0.333 e. The molecule has 68 valence electrons. The van der Waals surface area contributed by atoms with Crippen molar-refractivity contribution >= 4 is 0 Å². The number of rotatable bonds is 2. The zero-order valence-corrected chi connectivity index (χ0v) is 7.38. The minimum Gasteiger partial charge on any atom is -0.209 e. The van der Waals surface area contributed by atoms with Crippen LogP contribution in [0, 0.1) is 6.92 Å². The molecule has 0 aromatic carbocycles. The van der Waals surface area contributed by atoms with Crippen LogP contribution in [0.25, 0.3) is 0 Å². The molecule has 2 nitrogen and oxygen atoms in total.